The molecule has 122 valence electrons. The number of sulfone groups is 1. The van der Waals surface area contributed by atoms with Crippen molar-refractivity contribution in [1.82, 2.24) is 19.7 Å². The van der Waals surface area contributed by atoms with Gasteiger partial charge in [0.15, 0.2) is 9.84 Å². The molecule has 1 atom stereocenters. The Balaban J connectivity index is 1.51. The van der Waals surface area contributed by atoms with Gasteiger partial charge in [-0.15, -0.1) is 10.2 Å². The minimum atomic E-state index is -2.90. The summed E-state index contributed by atoms with van der Waals surface area (Å²) in [4.78, 5) is 14.2. The van der Waals surface area contributed by atoms with Crippen molar-refractivity contribution in [3.05, 3.63) is 12.2 Å². The maximum absolute atomic E-state index is 12.3. The van der Waals surface area contributed by atoms with E-state index in [-0.39, 0.29) is 23.3 Å². The SMILES string of the molecule is Cn1cnnc1C1CCN(C(=O)CC2CCS(=O)(=O)C2)CC1. The number of hydrogen-bond acceptors (Lipinski definition) is 5. The van der Waals surface area contributed by atoms with Gasteiger partial charge in [0.05, 0.1) is 11.5 Å². The van der Waals surface area contributed by atoms with Crippen LogP contribution in [-0.2, 0) is 21.7 Å². The molecule has 0 spiro atoms. The Morgan fingerprint density at radius 1 is 1.32 bits per heavy atom. The molecular weight excluding hydrogens is 304 g/mol. The number of nitrogens with zero attached hydrogens (tertiary/aromatic N) is 4. The van der Waals surface area contributed by atoms with Crippen LogP contribution in [0.3, 0.4) is 0 Å². The Morgan fingerprint density at radius 2 is 2.05 bits per heavy atom. The van der Waals surface area contributed by atoms with Crippen LogP contribution in [-0.4, -0.2) is 58.6 Å². The van der Waals surface area contributed by atoms with E-state index in [9.17, 15) is 13.2 Å². The summed E-state index contributed by atoms with van der Waals surface area (Å²) in [6.07, 6.45) is 4.48. The first-order valence-corrected chi connectivity index (χ1v) is 9.59. The van der Waals surface area contributed by atoms with Crippen LogP contribution in [0.1, 0.15) is 37.4 Å². The Labute approximate surface area is 130 Å². The minimum Gasteiger partial charge on any atom is -0.343 e. The van der Waals surface area contributed by atoms with E-state index < -0.39 is 9.84 Å². The Bertz CT molecular complexity index is 647. The predicted molar refractivity (Wildman–Crippen MR) is 80.9 cm³/mol. The zero-order chi connectivity index (χ0) is 15.7. The van der Waals surface area contributed by atoms with Gasteiger partial charge in [-0.2, -0.15) is 0 Å². The molecule has 2 fully saturated rings. The zero-order valence-corrected chi connectivity index (χ0v) is 13.6. The van der Waals surface area contributed by atoms with Crippen molar-refractivity contribution in [2.24, 2.45) is 13.0 Å². The summed E-state index contributed by atoms with van der Waals surface area (Å²) >= 11 is 0. The summed E-state index contributed by atoms with van der Waals surface area (Å²) in [7, 11) is -0.966. The van der Waals surface area contributed by atoms with Gasteiger partial charge in [0.1, 0.15) is 12.2 Å². The number of carbonyl (C=O) groups is 1. The Hall–Kier alpha value is -1.44. The minimum absolute atomic E-state index is 0.00830. The van der Waals surface area contributed by atoms with Crippen LogP contribution in [0.2, 0.25) is 0 Å². The van der Waals surface area contributed by atoms with Crippen LogP contribution >= 0.6 is 0 Å². The van der Waals surface area contributed by atoms with Crippen molar-refractivity contribution in [3.8, 4) is 0 Å². The fraction of sp³-hybridized carbons (Fsp3) is 0.786. The molecule has 2 saturated heterocycles. The van der Waals surface area contributed by atoms with Crippen LogP contribution in [0.5, 0.6) is 0 Å². The van der Waals surface area contributed by atoms with Crippen molar-refractivity contribution in [3.63, 3.8) is 0 Å². The first-order valence-electron chi connectivity index (χ1n) is 7.77. The Kier molecular flexibility index (Phi) is 4.20. The molecule has 0 N–H and O–H groups in total. The van der Waals surface area contributed by atoms with E-state index in [0.717, 1.165) is 31.8 Å². The fourth-order valence-electron chi connectivity index (χ4n) is 3.46. The molecule has 2 aliphatic rings. The average molecular weight is 326 g/mol. The second-order valence-corrected chi connectivity index (χ2v) is 8.66. The molecule has 0 bridgehead atoms. The predicted octanol–water partition coefficient (Wildman–Crippen LogP) is 0.346. The molecule has 1 aromatic rings. The smallest absolute Gasteiger partial charge is 0.222 e. The molecule has 0 aromatic carbocycles. The summed E-state index contributed by atoms with van der Waals surface area (Å²) in [5.74, 6) is 1.85. The number of aryl methyl sites for hydroxylation is 1. The van der Waals surface area contributed by atoms with Crippen LogP contribution in [0, 0.1) is 5.92 Å². The lowest BCUT2D eigenvalue weighted by molar-refractivity contribution is -0.133. The van der Waals surface area contributed by atoms with Crippen LogP contribution < -0.4 is 0 Å². The molecule has 1 aromatic heterocycles. The van der Waals surface area contributed by atoms with Gasteiger partial charge in [-0.1, -0.05) is 0 Å². The van der Waals surface area contributed by atoms with Crippen molar-refractivity contribution < 1.29 is 13.2 Å². The van der Waals surface area contributed by atoms with Crippen molar-refractivity contribution in [2.45, 2.75) is 31.6 Å². The lowest BCUT2D eigenvalue weighted by Crippen LogP contribution is -2.39. The highest BCUT2D eigenvalue weighted by atomic mass is 32.2. The average Bonchev–Trinajstić information content (AvgIpc) is 3.04. The number of amides is 1. The van der Waals surface area contributed by atoms with E-state index in [2.05, 4.69) is 10.2 Å². The topological polar surface area (TPSA) is 85.2 Å². The van der Waals surface area contributed by atoms with Gasteiger partial charge in [-0.3, -0.25) is 4.79 Å². The molecular formula is C14H22N4O3S. The third-order valence-electron chi connectivity index (χ3n) is 4.75. The maximum Gasteiger partial charge on any atom is 0.222 e. The third-order valence-corrected chi connectivity index (χ3v) is 6.59. The third kappa shape index (κ3) is 3.31. The van der Waals surface area contributed by atoms with Crippen molar-refractivity contribution in [1.29, 1.82) is 0 Å². The highest BCUT2D eigenvalue weighted by Gasteiger charge is 2.32. The number of aromatic nitrogens is 3. The molecule has 3 rings (SSSR count). The van der Waals surface area contributed by atoms with Gasteiger partial charge >= 0.3 is 0 Å². The van der Waals surface area contributed by atoms with Gasteiger partial charge in [0, 0.05) is 32.5 Å². The molecule has 3 heterocycles. The van der Waals surface area contributed by atoms with E-state index in [1.165, 1.54) is 0 Å². The van der Waals surface area contributed by atoms with E-state index in [4.69, 9.17) is 0 Å². The summed E-state index contributed by atoms with van der Waals surface area (Å²) < 4.78 is 24.9. The Morgan fingerprint density at radius 3 is 2.59 bits per heavy atom. The normalized spacial score (nSPS) is 25.5. The monoisotopic (exact) mass is 326 g/mol. The zero-order valence-electron chi connectivity index (χ0n) is 12.8. The highest BCUT2D eigenvalue weighted by molar-refractivity contribution is 7.91. The van der Waals surface area contributed by atoms with Gasteiger partial charge in [0.25, 0.3) is 0 Å². The van der Waals surface area contributed by atoms with Gasteiger partial charge < -0.3 is 9.47 Å². The molecule has 1 amide bonds. The number of hydrogen-bond donors (Lipinski definition) is 0. The summed E-state index contributed by atoms with van der Waals surface area (Å²) in [6, 6.07) is 0. The lowest BCUT2D eigenvalue weighted by atomic mass is 9.95. The van der Waals surface area contributed by atoms with E-state index in [0.29, 0.717) is 18.8 Å². The molecule has 22 heavy (non-hydrogen) atoms. The van der Waals surface area contributed by atoms with E-state index >= 15 is 0 Å². The van der Waals surface area contributed by atoms with Crippen LogP contribution in [0.4, 0.5) is 0 Å². The first kappa shape index (κ1) is 15.5. The van der Waals surface area contributed by atoms with Gasteiger partial charge in [-0.25, -0.2) is 8.42 Å². The number of piperidine rings is 1. The second-order valence-electron chi connectivity index (χ2n) is 6.43. The largest absolute Gasteiger partial charge is 0.343 e. The molecule has 8 heteroatoms. The lowest BCUT2D eigenvalue weighted by Gasteiger charge is -2.32. The molecule has 0 radical (unpaired) electrons. The quantitative estimate of drug-likeness (QED) is 0.800. The summed E-state index contributed by atoms with van der Waals surface area (Å²) in [6.45, 7) is 1.44. The number of likely N-dealkylation sites (tertiary alicyclic amines) is 1. The molecule has 2 aliphatic heterocycles. The van der Waals surface area contributed by atoms with Crippen molar-refractivity contribution >= 4 is 15.7 Å². The number of rotatable bonds is 3. The van der Waals surface area contributed by atoms with E-state index in [1.54, 1.807) is 6.33 Å². The highest BCUT2D eigenvalue weighted by Crippen LogP contribution is 2.28. The standard InChI is InChI=1S/C14H22N4O3S/c1-17-10-15-16-14(17)12-2-5-18(6-3-12)13(19)8-11-4-7-22(20,21)9-11/h10-12H,2-9H2,1H3. The summed E-state index contributed by atoms with van der Waals surface area (Å²) in [5.41, 5.74) is 0. The van der Waals surface area contributed by atoms with Crippen LogP contribution in [0.25, 0.3) is 0 Å². The van der Waals surface area contributed by atoms with Crippen molar-refractivity contribution in [2.75, 3.05) is 24.6 Å². The number of carbonyl (C=O) groups excluding carboxylic acids is 1. The molecule has 1 unspecified atom stereocenters. The van der Waals surface area contributed by atoms with Crippen LogP contribution in [0.15, 0.2) is 6.33 Å². The second kappa shape index (κ2) is 5.98. The maximum atomic E-state index is 12.3. The molecule has 0 saturated carbocycles. The molecule has 7 nitrogen and oxygen atoms in total. The van der Waals surface area contributed by atoms with Gasteiger partial charge in [-0.05, 0) is 25.2 Å². The van der Waals surface area contributed by atoms with E-state index in [1.807, 2.05) is 16.5 Å². The first-order chi connectivity index (χ1) is 10.4. The molecule has 0 aliphatic carbocycles. The summed E-state index contributed by atoms with van der Waals surface area (Å²) in [5, 5.41) is 8.06. The fourth-order valence-corrected chi connectivity index (χ4v) is 5.32. The van der Waals surface area contributed by atoms with Gasteiger partial charge in [0.2, 0.25) is 5.91 Å².